The molecule has 1 amide bonds. The van der Waals surface area contributed by atoms with Gasteiger partial charge in [-0.25, -0.2) is 8.42 Å². The maximum atomic E-state index is 11.7. The monoisotopic (exact) mass is 266 g/mol. The number of nitriles is 1. The lowest BCUT2D eigenvalue weighted by Gasteiger charge is -2.23. The first-order valence-corrected chi connectivity index (χ1v) is 6.80. The molecule has 0 aromatic heterocycles. The van der Waals surface area contributed by atoms with Gasteiger partial charge in [-0.1, -0.05) is 0 Å². The maximum Gasteiger partial charge on any atom is 0.265 e. The Morgan fingerprint density at radius 2 is 2.22 bits per heavy atom. The summed E-state index contributed by atoms with van der Waals surface area (Å²) in [6.07, 6.45) is -0.612. The van der Waals surface area contributed by atoms with Crippen molar-refractivity contribution in [2.75, 3.05) is 11.1 Å². The van der Waals surface area contributed by atoms with Crippen molar-refractivity contribution in [2.24, 2.45) is 0 Å². The number of sulfone groups is 1. The first-order valence-electron chi connectivity index (χ1n) is 5.15. The van der Waals surface area contributed by atoms with Crippen LogP contribution in [-0.2, 0) is 14.6 Å². The van der Waals surface area contributed by atoms with Crippen LogP contribution in [0.1, 0.15) is 6.92 Å². The Hall–Kier alpha value is -2.07. The predicted molar refractivity (Wildman–Crippen MR) is 62.8 cm³/mol. The normalized spacial score (nSPS) is 18.2. The molecule has 0 saturated heterocycles. The summed E-state index contributed by atoms with van der Waals surface area (Å²) in [5.41, 5.74) is 0.303. The molecule has 18 heavy (non-hydrogen) atoms. The van der Waals surface area contributed by atoms with Crippen LogP contribution in [-0.4, -0.2) is 26.2 Å². The second-order valence-corrected chi connectivity index (χ2v) is 5.81. The highest BCUT2D eigenvalue weighted by Gasteiger charge is 2.25. The Bertz CT molecular complexity index is 645. The van der Waals surface area contributed by atoms with Crippen molar-refractivity contribution < 1.29 is 17.9 Å². The van der Waals surface area contributed by atoms with E-state index in [4.69, 9.17) is 10.00 Å². The summed E-state index contributed by atoms with van der Waals surface area (Å²) in [6.45, 7) is 1.60. The second kappa shape index (κ2) is 4.31. The highest BCUT2D eigenvalue weighted by Crippen LogP contribution is 2.31. The molecule has 6 nitrogen and oxygen atoms in total. The van der Waals surface area contributed by atoms with E-state index in [0.29, 0.717) is 11.4 Å². The quantitative estimate of drug-likeness (QED) is 0.850. The fourth-order valence-electron chi connectivity index (χ4n) is 1.55. The summed E-state index contributed by atoms with van der Waals surface area (Å²) in [7, 11) is -3.64. The number of nitrogens with zero attached hydrogens (tertiary/aromatic N) is 1. The first kappa shape index (κ1) is 12.4. The lowest BCUT2D eigenvalue weighted by atomic mass is 10.2. The van der Waals surface area contributed by atoms with Crippen molar-refractivity contribution in [3.05, 3.63) is 18.2 Å². The van der Waals surface area contributed by atoms with Gasteiger partial charge in [0.2, 0.25) is 0 Å². The van der Waals surface area contributed by atoms with Gasteiger partial charge in [-0.2, -0.15) is 5.26 Å². The summed E-state index contributed by atoms with van der Waals surface area (Å²) in [5.74, 6) is -0.521. The minimum absolute atomic E-state index is 0.0127. The minimum atomic E-state index is -3.64. The van der Waals surface area contributed by atoms with Crippen LogP contribution in [0.15, 0.2) is 23.1 Å². The van der Waals surface area contributed by atoms with E-state index < -0.39 is 21.7 Å². The third-order valence-electron chi connectivity index (χ3n) is 2.50. The van der Waals surface area contributed by atoms with Crippen LogP contribution in [0.5, 0.6) is 5.75 Å². The molecule has 0 spiro atoms. The van der Waals surface area contributed by atoms with E-state index in [9.17, 15) is 13.2 Å². The molecule has 1 N–H and O–H groups in total. The van der Waals surface area contributed by atoms with Crippen molar-refractivity contribution in [3.8, 4) is 11.8 Å². The van der Waals surface area contributed by atoms with Gasteiger partial charge in [0.25, 0.3) is 5.91 Å². The van der Waals surface area contributed by atoms with Crippen molar-refractivity contribution >= 4 is 21.4 Å². The van der Waals surface area contributed by atoms with Crippen molar-refractivity contribution in [3.63, 3.8) is 0 Å². The van der Waals surface area contributed by atoms with Crippen molar-refractivity contribution in [1.29, 1.82) is 5.26 Å². The molecule has 1 aliphatic heterocycles. The Morgan fingerprint density at radius 1 is 1.50 bits per heavy atom. The maximum absolute atomic E-state index is 11.7. The molecule has 0 aliphatic carbocycles. The molecule has 0 saturated carbocycles. The fraction of sp³-hybridized carbons (Fsp3) is 0.273. The molecule has 0 fully saturated rings. The molecular weight excluding hydrogens is 256 g/mol. The van der Waals surface area contributed by atoms with E-state index in [2.05, 4.69) is 5.32 Å². The summed E-state index contributed by atoms with van der Waals surface area (Å²) >= 11 is 0. The molecule has 1 aliphatic rings. The highest BCUT2D eigenvalue weighted by molar-refractivity contribution is 7.91. The summed E-state index contributed by atoms with van der Waals surface area (Å²) < 4.78 is 28.7. The van der Waals surface area contributed by atoms with Gasteiger partial charge >= 0.3 is 0 Å². The molecular formula is C11H10N2O4S. The Labute approximate surface area is 104 Å². The number of carbonyl (C=O) groups is 1. The van der Waals surface area contributed by atoms with Crippen LogP contribution in [0.3, 0.4) is 0 Å². The van der Waals surface area contributed by atoms with Gasteiger partial charge in [0.1, 0.15) is 11.5 Å². The van der Waals surface area contributed by atoms with Gasteiger partial charge < -0.3 is 10.1 Å². The number of nitrogens with one attached hydrogen (secondary N) is 1. The molecule has 1 unspecified atom stereocenters. The van der Waals surface area contributed by atoms with E-state index in [1.165, 1.54) is 18.2 Å². The van der Waals surface area contributed by atoms with Gasteiger partial charge in [-0.3, -0.25) is 4.79 Å². The Morgan fingerprint density at radius 3 is 2.89 bits per heavy atom. The van der Waals surface area contributed by atoms with Crippen LogP contribution in [0.4, 0.5) is 5.69 Å². The van der Waals surface area contributed by atoms with E-state index in [1.807, 2.05) is 0 Å². The molecule has 1 aromatic carbocycles. The van der Waals surface area contributed by atoms with Crippen LogP contribution < -0.4 is 10.1 Å². The van der Waals surface area contributed by atoms with Gasteiger partial charge in [-0.05, 0) is 25.1 Å². The summed E-state index contributed by atoms with van der Waals surface area (Å²) in [5, 5.41) is 11.0. The smallest absolute Gasteiger partial charge is 0.265 e. The number of benzene rings is 1. The number of carbonyl (C=O) groups excluding carboxylic acids is 1. The van der Waals surface area contributed by atoms with Gasteiger partial charge in [0.05, 0.1) is 16.7 Å². The predicted octanol–water partition coefficient (Wildman–Crippen LogP) is 0.703. The third kappa shape index (κ3) is 2.15. The zero-order valence-corrected chi connectivity index (χ0v) is 10.3. The standard InChI is InChI=1S/C11H10N2O4S/c1-7-11(14)13-9-6-8(2-3-10(9)17-7)18(15,16)5-4-12/h2-3,6-7H,5H2,1H3,(H,13,14). The van der Waals surface area contributed by atoms with Crippen molar-refractivity contribution in [2.45, 2.75) is 17.9 Å². The number of anilines is 1. The van der Waals surface area contributed by atoms with Gasteiger partial charge in [0, 0.05) is 0 Å². The zero-order valence-electron chi connectivity index (χ0n) is 9.50. The van der Waals surface area contributed by atoms with Gasteiger partial charge in [-0.15, -0.1) is 0 Å². The van der Waals surface area contributed by atoms with Gasteiger partial charge in [0.15, 0.2) is 15.9 Å². The summed E-state index contributed by atoms with van der Waals surface area (Å²) in [4.78, 5) is 11.4. The SMILES string of the molecule is CC1Oc2ccc(S(=O)(=O)CC#N)cc2NC1=O. The van der Waals surface area contributed by atoms with E-state index in [1.54, 1.807) is 13.0 Å². The van der Waals surface area contributed by atoms with Crippen molar-refractivity contribution in [1.82, 2.24) is 0 Å². The van der Waals surface area contributed by atoms with E-state index in [-0.39, 0.29) is 10.8 Å². The lowest BCUT2D eigenvalue weighted by Crippen LogP contribution is -2.34. The Kier molecular flexibility index (Phi) is 2.97. The molecule has 94 valence electrons. The number of ether oxygens (including phenoxy) is 1. The number of amides is 1. The number of hydrogen-bond acceptors (Lipinski definition) is 5. The third-order valence-corrected chi connectivity index (χ3v) is 3.98. The number of hydrogen-bond donors (Lipinski definition) is 1. The minimum Gasteiger partial charge on any atom is -0.479 e. The van der Waals surface area contributed by atoms with Crippen LogP contribution >= 0.6 is 0 Å². The molecule has 1 atom stereocenters. The zero-order chi connectivity index (χ0) is 13.3. The largest absolute Gasteiger partial charge is 0.479 e. The topological polar surface area (TPSA) is 96.3 Å². The van der Waals surface area contributed by atoms with Crippen LogP contribution in [0.2, 0.25) is 0 Å². The highest BCUT2D eigenvalue weighted by atomic mass is 32.2. The van der Waals surface area contributed by atoms with Crippen LogP contribution in [0, 0.1) is 11.3 Å². The molecule has 1 heterocycles. The summed E-state index contributed by atoms with van der Waals surface area (Å²) in [6, 6.07) is 5.72. The average Bonchev–Trinajstić information content (AvgIpc) is 2.30. The average molecular weight is 266 g/mol. The lowest BCUT2D eigenvalue weighted by molar-refractivity contribution is -0.122. The molecule has 2 rings (SSSR count). The number of rotatable bonds is 2. The van der Waals surface area contributed by atoms with E-state index in [0.717, 1.165) is 0 Å². The fourth-order valence-corrected chi connectivity index (χ4v) is 2.46. The number of fused-ring (bicyclic) bond motifs is 1. The molecule has 0 bridgehead atoms. The second-order valence-electron chi connectivity index (χ2n) is 3.82. The van der Waals surface area contributed by atoms with E-state index >= 15 is 0 Å². The Balaban J connectivity index is 2.43. The molecule has 0 radical (unpaired) electrons. The first-order chi connectivity index (χ1) is 8.44. The molecule has 7 heteroatoms. The molecule has 1 aromatic rings. The van der Waals surface area contributed by atoms with Crippen LogP contribution in [0.25, 0.3) is 0 Å².